The van der Waals surface area contributed by atoms with E-state index in [1.54, 1.807) is 7.11 Å². The van der Waals surface area contributed by atoms with Gasteiger partial charge in [0, 0.05) is 0 Å². The highest BCUT2D eigenvalue weighted by molar-refractivity contribution is 5.80. The van der Waals surface area contributed by atoms with Crippen molar-refractivity contribution in [3.05, 3.63) is 29.8 Å². The summed E-state index contributed by atoms with van der Waals surface area (Å²) in [5.74, 6) is 0.898. The van der Waals surface area contributed by atoms with Gasteiger partial charge in [0.1, 0.15) is 12.0 Å². The van der Waals surface area contributed by atoms with E-state index in [4.69, 9.17) is 9.47 Å². The number of methoxy groups -OCH3 is 1. The fraction of sp³-hybridized carbons (Fsp3) is 0.533. The molecule has 1 amide bonds. The van der Waals surface area contributed by atoms with Crippen LogP contribution in [0.4, 0.5) is 0 Å². The fourth-order valence-corrected chi connectivity index (χ4v) is 2.50. The first-order valence-corrected chi connectivity index (χ1v) is 6.51. The molecule has 4 nitrogen and oxygen atoms in total. The summed E-state index contributed by atoms with van der Waals surface area (Å²) in [5.41, 5.74) is 0.754. The van der Waals surface area contributed by atoms with Crippen LogP contribution in [0, 0.1) is 0 Å². The first-order chi connectivity index (χ1) is 8.94. The molecular formula is C15H21NO3. The van der Waals surface area contributed by atoms with Gasteiger partial charge in [0.05, 0.1) is 25.7 Å². The van der Waals surface area contributed by atoms with Crippen LogP contribution in [-0.2, 0) is 16.0 Å². The summed E-state index contributed by atoms with van der Waals surface area (Å²) < 4.78 is 10.7. The first-order valence-electron chi connectivity index (χ1n) is 6.51. The van der Waals surface area contributed by atoms with Gasteiger partial charge >= 0.3 is 0 Å². The summed E-state index contributed by atoms with van der Waals surface area (Å²) in [4.78, 5) is 14.2. The lowest BCUT2D eigenvalue weighted by Gasteiger charge is -2.32. The topological polar surface area (TPSA) is 38.8 Å². The molecule has 0 saturated carbocycles. The van der Waals surface area contributed by atoms with E-state index in [1.165, 1.54) is 0 Å². The Morgan fingerprint density at radius 1 is 1.42 bits per heavy atom. The second-order valence-electron chi connectivity index (χ2n) is 5.51. The maximum absolute atomic E-state index is 12.4. The van der Waals surface area contributed by atoms with Crippen molar-refractivity contribution >= 4 is 5.91 Å². The predicted octanol–water partition coefficient (Wildman–Crippen LogP) is 2.22. The molecule has 0 radical (unpaired) electrons. The quantitative estimate of drug-likeness (QED) is 0.839. The molecule has 1 saturated heterocycles. The standard InChI is InChI=1S/C15H21NO3/c1-11-16(15(2,3)10-19-11)14(17)9-12-5-7-13(18-4)8-6-12/h5-8,11H,9-10H2,1-4H3. The Bertz CT molecular complexity index is 453. The summed E-state index contributed by atoms with van der Waals surface area (Å²) >= 11 is 0. The van der Waals surface area contributed by atoms with Crippen molar-refractivity contribution in [1.29, 1.82) is 0 Å². The van der Waals surface area contributed by atoms with Gasteiger partial charge in [0.15, 0.2) is 0 Å². The van der Waals surface area contributed by atoms with Crippen molar-refractivity contribution in [2.24, 2.45) is 0 Å². The predicted molar refractivity (Wildman–Crippen MR) is 73.0 cm³/mol. The molecule has 1 fully saturated rings. The molecule has 4 heteroatoms. The van der Waals surface area contributed by atoms with Gasteiger partial charge in [0.25, 0.3) is 0 Å². The lowest BCUT2D eigenvalue weighted by Crippen LogP contribution is -2.48. The minimum Gasteiger partial charge on any atom is -0.497 e. The maximum atomic E-state index is 12.4. The van der Waals surface area contributed by atoms with Gasteiger partial charge in [-0.1, -0.05) is 12.1 Å². The Morgan fingerprint density at radius 3 is 2.53 bits per heavy atom. The van der Waals surface area contributed by atoms with Crippen LogP contribution in [-0.4, -0.2) is 36.3 Å². The third-order valence-corrected chi connectivity index (χ3v) is 3.48. The number of carbonyl (C=O) groups excluding carboxylic acids is 1. The molecule has 19 heavy (non-hydrogen) atoms. The summed E-state index contributed by atoms with van der Waals surface area (Å²) in [6.07, 6.45) is 0.238. The van der Waals surface area contributed by atoms with Gasteiger partial charge in [-0.25, -0.2) is 0 Å². The summed E-state index contributed by atoms with van der Waals surface area (Å²) in [7, 11) is 1.63. The third-order valence-electron chi connectivity index (χ3n) is 3.48. The minimum absolute atomic E-state index is 0.0974. The van der Waals surface area contributed by atoms with Gasteiger partial charge in [-0.05, 0) is 38.5 Å². The molecule has 0 N–H and O–H groups in total. The largest absolute Gasteiger partial charge is 0.497 e. The molecular weight excluding hydrogens is 242 g/mol. The van der Waals surface area contributed by atoms with E-state index in [9.17, 15) is 4.79 Å². The Kier molecular flexibility index (Phi) is 3.80. The Labute approximate surface area is 114 Å². The van der Waals surface area contributed by atoms with Crippen molar-refractivity contribution in [3.63, 3.8) is 0 Å². The van der Waals surface area contributed by atoms with Gasteiger partial charge in [0.2, 0.25) is 5.91 Å². The third kappa shape index (κ3) is 2.89. The zero-order valence-electron chi connectivity index (χ0n) is 12.0. The molecule has 0 aliphatic carbocycles. The number of rotatable bonds is 3. The molecule has 1 aromatic carbocycles. The fourth-order valence-electron chi connectivity index (χ4n) is 2.50. The smallest absolute Gasteiger partial charge is 0.229 e. The zero-order valence-corrected chi connectivity index (χ0v) is 12.0. The van der Waals surface area contributed by atoms with Crippen LogP contribution >= 0.6 is 0 Å². The number of carbonyl (C=O) groups is 1. The van der Waals surface area contributed by atoms with E-state index in [0.717, 1.165) is 11.3 Å². The second kappa shape index (κ2) is 5.21. The second-order valence-corrected chi connectivity index (χ2v) is 5.51. The Morgan fingerprint density at radius 2 is 2.05 bits per heavy atom. The molecule has 1 unspecified atom stereocenters. The maximum Gasteiger partial charge on any atom is 0.229 e. The average Bonchev–Trinajstić information content (AvgIpc) is 2.64. The highest BCUT2D eigenvalue weighted by Gasteiger charge is 2.41. The minimum atomic E-state index is -0.233. The molecule has 1 aliphatic rings. The van der Waals surface area contributed by atoms with Crippen LogP contribution in [0.5, 0.6) is 5.75 Å². The summed E-state index contributed by atoms with van der Waals surface area (Å²) in [6.45, 7) is 6.56. The van der Waals surface area contributed by atoms with E-state index in [2.05, 4.69) is 0 Å². The van der Waals surface area contributed by atoms with Gasteiger partial charge in [-0.3, -0.25) is 4.79 Å². The summed E-state index contributed by atoms with van der Waals surface area (Å²) in [5, 5.41) is 0. The van der Waals surface area contributed by atoms with E-state index in [-0.39, 0.29) is 17.7 Å². The van der Waals surface area contributed by atoms with E-state index >= 15 is 0 Å². The monoisotopic (exact) mass is 263 g/mol. The van der Waals surface area contributed by atoms with Crippen LogP contribution in [0.3, 0.4) is 0 Å². The van der Waals surface area contributed by atoms with Gasteiger partial charge in [-0.15, -0.1) is 0 Å². The lowest BCUT2D eigenvalue weighted by molar-refractivity contribution is -0.138. The Balaban J connectivity index is 2.07. The highest BCUT2D eigenvalue weighted by Crippen LogP contribution is 2.27. The molecule has 1 heterocycles. The molecule has 0 aromatic heterocycles. The number of benzene rings is 1. The molecule has 0 spiro atoms. The van der Waals surface area contributed by atoms with Crippen molar-refractivity contribution in [3.8, 4) is 5.75 Å². The van der Waals surface area contributed by atoms with Crippen LogP contribution in [0.2, 0.25) is 0 Å². The van der Waals surface area contributed by atoms with Gasteiger partial charge < -0.3 is 14.4 Å². The average molecular weight is 263 g/mol. The van der Waals surface area contributed by atoms with Crippen LogP contribution in [0.25, 0.3) is 0 Å². The van der Waals surface area contributed by atoms with E-state index in [1.807, 2.05) is 49.9 Å². The van der Waals surface area contributed by atoms with E-state index in [0.29, 0.717) is 13.0 Å². The van der Waals surface area contributed by atoms with Gasteiger partial charge in [-0.2, -0.15) is 0 Å². The van der Waals surface area contributed by atoms with Crippen molar-refractivity contribution < 1.29 is 14.3 Å². The molecule has 2 rings (SSSR count). The zero-order chi connectivity index (χ0) is 14.0. The first kappa shape index (κ1) is 13.9. The number of hydrogen-bond donors (Lipinski definition) is 0. The van der Waals surface area contributed by atoms with Crippen molar-refractivity contribution in [2.45, 2.75) is 39.0 Å². The van der Waals surface area contributed by atoms with Crippen LogP contribution < -0.4 is 4.74 Å². The number of nitrogens with zero attached hydrogens (tertiary/aromatic N) is 1. The van der Waals surface area contributed by atoms with Crippen LogP contribution in [0.1, 0.15) is 26.3 Å². The molecule has 1 aliphatic heterocycles. The number of hydrogen-bond acceptors (Lipinski definition) is 3. The summed E-state index contributed by atoms with van der Waals surface area (Å²) in [6, 6.07) is 7.59. The molecule has 1 atom stereocenters. The lowest BCUT2D eigenvalue weighted by atomic mass is 10.0. The normalized spacial score (nSPS) is 21.5. The number of ether oxygens (including phenoxy) is 2. The van der Waals surface area contributed by atoms with Crippen molar-refractivity contribution in [1.82, 2.24) is 4.90 Å². The van der Waals surface area contributed by atoms with Crippen molar-refractivity contribution in [2.75, 3.05) is 13.7 Å². The molecule has 1 aromatic rings. The Hall–Kier alpha value is -1.55. The van der Waals surface area contributed by atoms with Crippen LogP contribution in [0.15, 0.2) is 24.3 Å². The molecule has 104 valence electrons. The number of amides is 1. The van der Waals surface area contributed by atoms with E-state index < -0.39 is 0 Å². The molecule has 0 bridgehead atoms. The SMILES string of the molecule is COc1ccc(CC(=O)N2C(C)OCC2(C)C)cc1. The highest BCUT2D eigenvalue weighted by atomic mass is 16.5.